The number of rotatable bonds is 0. The van der Waals surface area contributed by atoms with E-state index in [0.717, 1.165) is 6.08 Å². The molecule has 0 aromatic carbocycles. The molecule has 0 nitrogen and oxygen atoms in total. The van der Waals surface area contributed by atoms with Crippen LogP contribution in [-0.2, 0) is 0 Å². The van der Waals surface area contributed by atoms with Crippen molar-refractivity contribution in [1.82, 2.24) is 0 Å². The van der Waals surface area contributed by atoms with Gasteiger partial charge in [0, 0.05) is 12.5 Å². The quantitative estimate of drug-likeness (QED) is 0.364. The molecule has 56 valence electrons. The molecule has 0 radical (unpaired) electrons. The van der Waals surface area contributed by atoms with E-state index < -0.39 is 15.3 Å². The summed E-state index contributed by atoms with van der Waals surface area (Å²) in [5.41, 5.74) is 0. The summed E-state index contributed by atoms with van der Waals surface area (Å²) in [6, 6.07) is 0. The topological polar surface area (TPSA) is 0 Å². The summed E-state index contributed by atoms with van der Waals surface area (Å²) in [5.74, 6) is -1.60. The van der Waals surface area contributed by atoms with Crippen molar-refractivity contribution in [2.75, 3.05) is 0 Å². The van der Waals surface area contributed by atoms with E-state index in [1.54, 1.807) is 0 Å². The SMILES string of the molecule is FC1=CC(F)(I)CC(F)=C1.[Mg+2]. The fourth-order valence-corrected chi connectivity index (χ4v) is 1.38. The molecule has 0 aromatic heterocycles. The number of alkyl halides is 2. The first-order valence-electron chi connectivity index (χ1n) is 2.62. The van der Waals surface area contributed by atoms with Crippen LogP contribution in [-0.4, -0.2) is 26.7 Å². The molecule has 1 aliphatic rings. The number of hydrogen-bond donors (Lipinski definition) is 0. The van der Waals surface area contributed by atoms with Gasteiger partial charge in [0.25, 0.3) is 0 Å². The first kappa shape index (κ1) is 11.8. The van der Waals surface area contributed by atoms with Gasteiger partial charge in [-0.2, -0.15) is 0 Å². The zero-order chi connectivity index (χ0) is 7.78. The fourth-order valence-electron chi connectivity index (χ4n) is 0.720. The first-order valence-corrected chi connectivity index (χ1v) is 3.70. The molecule has 1 aliphatic carbocycles. The maximum absolute atomic E-state index is 12.8. The van der Waals surface area contributed by atoms with E-state index in [0.29, 0.717) is 6.08 Å². The molecule has 0 aliphatic heterocycles. The molecule has 0 bridgehead atoms. The van der Waals surface area contributed by atoms with Gasteiger partial charge in [0.2, 0.25) is 0 Å². The van der Waals surface area contributed by atoms with Crippen molar-refractivity contribution in [1.29, 1.82) is 0 Å². The summed E-state index contributed by atoms with van der Waals surface area (Å²) in [6.07, 6.45) is 1.08. The number of allylic oxidation sites excluding steroid dienone is 4. The molecule has 5 heteroatoms. The van der Waals surface area contributed by atoms with E-state index in [9.17, 15) is 13.2 Å². The largest absolute Gasteiger partial charge is 2.00 e. The Morgan fingerprint density at radius 1 is 1.45 bits per heavy atom. The van der Waals surface area contributed by atoms with Crippen LogP contribution in [0.25, 0.3) is 0 Å². The first-order chi connectivity index (χ1) is 4.49. The minimum absolute atomic E-state index is 0. The Morgan fingerprint density at radius 2 is 2.00 bits per heavy atom. The average molecular weight is 284 g/mol. The second-order valence-electron chi connectivity index (χ2n) is 2.06. The van der Waals surface area contributed by atoms with Gasteiger partial charge in [0.1, 0.15) is 11.7 Å². The van der Waals surface area contributed by atoms with Crippen molar-refractivity contribution in [3.05, 3.63) is 23.8 Å². The van der Waals surface area contributed by atoms with Gasteiger partial charge < -0.3 is 0 Å². The molecule has 11 heavy (non-hydrogen) atoms. The van der Waals surface area contributed by atoms with Crippen molar-refractivity contribution in [2.24, 2.45) is 0 Å². The Morgan fingerprint density at radius 3 is 2.36 bits per heavy atom. The van der Waals surface area contributed by atoms with E-state index in [-0.39, 0.29) is 29.5 Å². The van der Waals surface area contributed by atoms with Gasteiger partial charge in [-0.1, -0.05) is 0 Å². The van der Waals surface area contributed by atoms with Crippen LogP contribution in [0.1, 0.15) is 6.42 Å². The van der Waals surface area contributed by atoms with Crippen LogP contribution >= 0.6 is 22.6 Å². The van der Waals surface area contributed by atoms with Crippen LogP contribution in [0, 0.1) is 0 Å². The summed E-state index contributed by atoms with van der Waals surface area (Å²) in [4.78, 5) is 0. The summed E-state index contributed by atoms with van der Waals surface area (Å²) in [6.45, 7) is 0. The maximum atomic E-state index is 12.8. The standard InChI is InChI=1S/C6H4F3I.Mg/c7-4-1-5(8)3-6(9,10)2-4;/h1-2H,3H2;/q;+2. The van der Waals surface area contributed by atoms with Crippen molar-refractivity contribution in [3.63, 3.8) is 0 Å². The Labute approximate surface area is 92.2 Å². The number of hydrogen-bond acceptors (Lipinski definition) is 0. The van der Waals surface area contributed by atoms with Gasteiger partial charge in [0.15, 0.2) is 3.68 Å². The summed E-state index contributed by atoms with van der Waals surface area (Å²) < 4.78 is 35.4. The van der Waals surface area contributed by atoms with Gasteiger partial charge in [-0.15, -0.1) is 0 Å². The van der Waals surface area contributed by atoms with Crippen LogP contribution in [0.3, 0.4) is 0 Å². The minimum Gasteiger partial charge on any atom is -0.227 e. The molecular formula is C6H4F3IMg+2. The molecule has 1 unspecified atom stereocenters. The zero-order valence-electron chi connectivity index (χ0n) is 5.58. The average Bonchev–Trinajstić information content (AvgIpc) is 1.54. The van der Waals surface area contributed by atoms with Crippen molar-refractivity contribution >= 4 is 45.6 Å². The Bertz CT molecular complexity index is 210. The molecule has 0 saturated heterocycles. The number of halogens is 4. The second-order valence-corrected chi connectivity index (χ2v) is 3.85. The van der Waals surface area contributed by atoms with Crippen molar-refractivity contribution in [3.8, 4) is 0 Å². The Hall–Kier alpha value is 0.766. The minimum atomic E-state index is -1.89. The fraction of sp³-hybridized carbons (Fsp3) is 0.333. The van der Waals surface area contributed by atoms with E-state index in [1.165, 1.54) is 22.6 Å². The molecule has 0 N–H and O–H groups in total. The molecule has 0 spiro atoms. The van der Waals surface area contributed by atoms with E-state index in [4.69, 9.17) is 0 Å². The monoisotopic (exact) mass is 284 g/mol. The third-order valence-corrected chi connectivity index (χ3v) is 1.74. The van der Waals surface area contributed by atoms with E-state index in [2.05, 4.69) is 0 Å². The Kier molecular flexibility index (Phi) is 4.42. The van der Waals surface area contributed by atoms with Gasteiger partial charge >= 0.3 is 23.1 Å². The maximum Gasteiger partial charge on any atom is 2.00 e. The van der Waals surface area contributed by atoms with Gasteiger partial charge in [-0.05, 0) is 28.7 Å². The molecule has 0 fully saturated rings. The summed E-state index contributed by atoms with van der Waals surface area (Å²) >= 11 is 1.36. The van der Waals surface area contributed by atoms with Gasteiger partial charge in [-0.3, -0.25) is 0 Å². The predicted molar refractivity (Wildman–Crippen MR) is 46.6 cm³/mol. The summed E-state index contributed by atoms with van der Waals surface area (Å²) in [5, 5.41) is 0. The molecule has 0 heterocycles. The van der Waals surface area contributed by atoms with Crippen LogP contribution in [0.15, 0.2) is 23.8 Å². The predicted octanol–water partition coefficient (Wildman–Crippen LogP) is 2.82. The smallest absolute Gasteiger partial charge is 0.227 e. The van der Waals surface area contributed by atoms with Crippen LogP contribution in [0.2, 0.25) is 0 Å². The second kappa shape index (κ2) is 4.13. The van der Waals surface area contributed by atoms with Crippen LogP contribution in [0.4, 0.5) is 13.2 Å². The third kappa shape index (κ3) is 3.79. The Balaban J connectivity index is 0.000001000. The summed E-state index contributed by atoms with van der Waals surface area (Å²) in [7, 11) is 0. The zero-order valence-corrected chi connectivity index (χ0v) is 9.15. The van der Waals surface area contributed by atoms with Gasteiger partial charge in [0.05, 0.1) is 0 Å². The van der Waals surface area contributed by atoms with Crippen LogP contribution in [0.5, 0.6) is 0 Å². The molecule has 1 atom stereocenters. The molecular weight excluding hydrogens is 280 g/mol. The van der Waals surface area contributed by atoms with Crippen molar-refractivity contribution < 1.29 is 13.2 Å². The van der Waals surface area contributed by atoms with E-state index in [1.807, 2.05) is 0 Å². The molecule has 0 amide bonds. The van der Waals surface area contributed by atoms with Crippen LogP contribution < -0.4 is 0 Å². The molecule has 0 aromatic rings. The van der Waals surface area contributed by atoms with Crippen molar-refractivity contribution in [2.45, 2.75) is 10.1 Å². The third-order valence-electron chi connectivity index (χ3n) is 1.05. The van der Waals surface area contributed by atoms with E-state index >= 15 is 0 Å². The van der Waals surface area contributed by atoms with Gasteiger partial charge in [-0.25, -0.2) is 13.2 Å². The molecule has 1 rings (SSSR count). The normalized spacial score (nSPS) is 30.2. The molecule has 0 saturated carbocycles.